The summed E-state index contributed by atoms with van der Waals surface area (Å²) >= 11 is 0. The van der Waals surface area contributed by atoms with Crippen LogP contribution >= 0.6 is 0 Å². The van der Waals surface area contributed by atoms with Crippen LogP contribution in [0.5, 0.6) is 11.5 Å². The van der Waals surface area contributed by atoms with Crippen molar-refractivity contribution < 1.29 is 28.6 Å². The number of aliphatic hydroxyl groups excluding tert-OH is 1. The van der Waals surface area contributed by atoms with Crippen LogP contribution in [0.1, 0.15) is 36.6 Å². The molecule has 1 N–H and O–H groups in total. The number of ether oxygens (including phenoxy) is 2. The number of Topliss-reactive ketones (excluding diaryl/α,β-unsaturated/α-hetero) is 1. The highest BCUT2D eigenvalue weighted by Gasteiger charge is 2.47. The molecule has 1 aliphatic rings. The predicted molar refractivity (Wildman–Crippen MR) is 127 cm³/mol. The maximum Gasteiger partial charge on any atom is 0.295 e. The van der Waals surface area contributed by atoms with Gasteiger partial charge in [-0.3, -0.25) is 14.6 Å². The second kappa shape index (κ2) is 10.4. The Balaban J connectivity index is 1.89. The van der Waals surface area contributed by atoms with E-state index in [-0.39, 0.29) is 29.0 Å². The first-order chi connectivity index (χ1) is 17.0. The molecular formula is C27H25FN2O5. The summed E-state index contributed by atoms with van der Waals surface area (Å²) in [5.41, 5.74) is 0.748. The first kappa shape index (κ1) is 23.9. The average Bonchev–Trinajstić information content (AvgIpc) is 3.10. The van der Waals surface area contributed by atoms with Gasteiger partial charge >= 0.3 is 0 Å². The van der Waals surface area contributed by atoms with Gasteiger partial charge in [0, 0.05) is 30.6 Å². The molecule has 0 bridgehead atoms. The van der Waals surface area contributed by atoms with Gasteiger partial charge in [0.1, 0.15) is 23.1 Å². The van der Waals surface area contributed by atoms with E-state index in [2.05, 4.69) is 4.98 Å². The Hall–Kier alpha value is -4.20. The molecule has 1 saturated heterocycles. The van der Waals surface area contributed by atoms with Gasteiger partial charge in [-0.05, 0) is 43.7 Å². The van der Waals surface area contributed by atoms with Crippen molar-refractivity contribution in [1.82, 2.24) is 9.88 Å². The summed E-state index contributed by atoms with van der Waals surface area (Å²) in [4.78, 5) is 31.7. The summed E-state index contributed by atoms with van der Waals surface area (Å²) in [5.74, 6) is -1.99. The smallest absolute Gasteiger partial charge is 0.295 e. The highest BCUT2D eigenvalue weighted by Crippen LogP contribution is 2.42. The monoisotopic (exact) mass is 476 g/mol. The number of nitrogens with zero attached hydrogens (tertiary/aromatic N) is 2. The third-order valence-electron chi connectivity index (χ3n) is 5.63. The van der Waals surface area contributed by atoms with Crippen LogP contribution in [0.25, 0.3) is 5.76 Å². The fraction of sp³-hybridized carbons (Fsp3) is 0.222. The lowest BCUT2D eigenvalue weighted by molar-refractivity contribution is -0.140. The van der Waals surface area contributed by atoms with E-state index in [1.807, 2.05) is 6.92 Å². The molecule has 1 aromatic heterocycles. The van der Waals surface area contributed by atoms with Crippen LogP contribution in [0.2, 0.25) is 0 Å². The van der Waals surface area contributed by atoms with Crippen LogP contribution in [-0.2, 0) is 16.1 Å². The Morgan fingerprint density at radius 1 is 1.06 bits per heavy atom. The maximum atomic E-state index is 15.0. The molecule has 180 valence electrons. The van der Waals surface area contributed by atoms with Crippen LogP contribution in [0.4, 0.5) is 4.39 Å². The number of aliphatic hydroxyl groups is 1. The van der Waals surface area contributed by atoms with E-state index in [1.165, 1.54) is 23.1 Å². The Bertz CT molecular complexity index is 1280. The number of benzene rings is 2. The Morgan fingerprint density at radius 2 is 1.83 bits per heavy atom. The van der Waals surface area contributed by atoms with Gasteiger partial charge in [-0.1, -0.05) is 24.3 Å². The molecule has 2 heterocycles. The van der Waals surface area contributed by atoms with Gasteiger partial charge in [0.25, 0.3) is 11.7 Å². The van der Waals surface area contributed by atoms with E-state index in [1.54, 1.807) is 55.7 Å². The van der Waals surface area contributed by atoms with Crippen molar-refractivity contribution in [3.63, 3.8) is 0 Å². The SMILES string of the molecule is CCOc1ccc(/C(O)=C2\C(=O)C(=O)N(Cc3cccnc3)C2c2ccccc2F)c(OCC)c1. The molecule has 0 radical (unpaired) electrons. The third kappa shape index (κ3) is 4.73. The van der Waals surface area contributed by atoms with E-state index in [9.17, 15) is 19.1 Å². The van der Waals surface area contributed by atoms with E-state index in [0.29, 0.717) is 24.5 Å². The first-order valence-corrected chi connectivity index (χ1v) is 11.3. The molecule has 0 aliphatic carbocycles. The topological polar surface area (TPSA) is 89.0 Å². The highest BCUT2D eigenvalue weighted by atomic mass is 19.1. The molecule has 1 amide bonds. The number of ketones is 1. The molecule has 1 unspecified atom stereocenters. The summed E-state index contributed by atoms with van der Waals surface area (Å²) in [6.45, 7) is 4.36. The summed E-state index contributed by atoms with van der Waals surface area (Å²) in [7, 11) is 0. The summed E-state index contributed by atoms with van der Waals surface area (Å²) < 4.78 is 26.2. The van der Waals surface area contributed by atoms with Crippen molar-refractivity contribution in [2.24, 2.45) is 0 Å². The zero-order valence-corrected chi connectivity index (χ0v) is 19.4. The normalized spacial score (nSPS) is 17.0. The number of rotatable bonds is 8. The molecule has 1 fully saturated rings. The number of amides is 1. The largest absolute Gasteiger partial charge is 0.507 e. The van der Waals surface area contributed by atoms with Crippen molar-refractivity contribution in [1.29, 1.82) is 0 Å². The van der Waals surface area contributed by atoms with Crippen LogP contribution in [0.15, 0.2) is 72.6 Å². The second-order valence-electron chi connectivity index (χ2n) is 7.83. The number of halogens is 1. The molecule has 1 aliphatic heterocycles. The van der Waals surface area contributed by atoms with Crippen molar-refractivity contribution in [2.45, 2.75) is 26.4 Å². The summed E-state index contributed by atoms with van der Waals surface area (Å²) in [5, 5.41) is 11.4. The minimum atomic E-state index is -1.14. The van der Waals surface area contributed by atoms with Gasteiger partial charge in [0.15, 0.2) is 0 Å². The number of pyridine rings is 1. The second-order valence-corrected chi connectivity index (χ2v) is 7.83. The van der Waals surface area contributed by atoms with Crippen LogP contribution in [-0.4, -0.2) is 39.9 Å². The minimum absolute atomic E-state index is 0.00971. The van der Waals surface area contributed by atoms with E-state index < -0.39 is 29.3 Å². The standard InChI is InChI=1S/C27H25FN2O5/c1-3-34-18-11-12-20(22(14-18)35-4-2)25(31)23-24(19-9-5-6-10-21(19)28)30(27(33)26(23)32)16-17-8-7-13-29-15-17/h5-15,24,31H,3-4,16H2,1-2H3/b25-23+. The van der Waals surface area contributed by atoms with E-state index in [0.717, 1.165) is 0 Å². The molecule has 0 spiro atoms. The number of hydrogen-bond donors (Lipinski definition) is 1. The summed E-state index contributed by atoms with van der Waals surface area (Å²) in [6, 6.07) is 13.0. The van der Waals surface area contributed by atoms with Crippen LogP contribution in [0.3, 0.4) is 0 Å². The van der Waals surface area contributed by atoms with Gasteiger partial charge in [-0.25, -0.2) is 4.39 Å². The predicted octanol–water partition coefficient (Wildman–Crippen LogP) is 4.64. The lowest BCUT2D eigenvalue weighted by Gasteiger charge is -2.25. The van der Waals surface area contributed by atoms with Crippen molar-refractivity contribution in [3.05, 3.63) is 95.1 Å². The number of likely N-dealkylation sites (tertiary alicyclic amines) is 1. The number of carbonyl (C=O) groups excluding carboxylic acids is 2. The van der Waals surface area contributed by atoms with Crippen molar-refractivity contribution in [2.75, 3.05) is 13.2 Å². The number of aromatic nitrogens is 1. The zero-order chi connectivity index (χ0) is 24.9. The fourth-order valence-corrected chi connectivity index (χ4v) is 4.13. The molecule has 7 nitrogen and oxygen atoms in total. The minimum Gasteiger partial charge on any atom is -0.507 e. The molecule has 3 aromatic rings. The fourth-order valence-electron chi connectivity index (χ4n) is 4.13. The molecule has 35 heavy (non-hydrogen) atoms. The quantitative estimate of drug-likeness (QED) is 0.290. The lowest BCUT2D eigenvalue weighted by atomic mass is 9.94. The molecule has 0 saturated carbocycles. The molecule has 1 atom stereocenters. The van der Waals surface area contributed by atoms with Gasteiger partial charge in [0.05, 0.1) is 30.4 Å². The summed E-state index contributed by atoms with van der Waals surface area (Å²) in [6.07, 6.45) is 3.16. The average molecular weight is 477 g/mol. The van der Waals surface area contributed by atoms with Crippen LogP contribution in [0, 0.1) is 5.82 Å². The van der Waals surface area contributed by atoms with Gasteiger partial charge in [-0.15, -0.1) is 0 Å². The van der Waals surface area contributed by atoms with Gasteiger partial charge in [-0.2, -0.15) is 0 Å². The van der Waals surface area contributed by atoms with Gasteiger partial charge in [0.2, 0.25) is 0 Å². The number of carbonyl (C=O) groups is 2. The molecule has 2 aromatic carbocycles. The maximum absolute atomic E-state index is 15.0. The molecule has 8 heteroatoms. The van der Waals surface area contributed by atoms with E-state index in [4.69, 9.17) is 9.47 Å². The van der Waals surface area contributed by atoms with Gasteiger partial charge < -0.3 is 19.5 Å². The highest BCUT2D eigenvalue weighted by molar-refractivity contribution is 6.46. The number of hydrogen-bond acceptors (Lipinski definition) is 6. The third-order valence-corrected chi connectivity index (χ3v) is 5.63. The van der Waals surface area contributed by atoms with Crippen molar-refractivity contribution in [3.8, 4) is 11.5 Å². The zero-order valence-electron chi connectivity index (χ0n) is 19.4. The Kier molecular flexibility index (Phi) is 7.10. The van der Waals surface area contributed by atoms with Crippen molar-refractivity contribution >= 4 is 17.4 Å². The van der Waals surface area contributed by atoms with Crippen LogP contribution < -0.4 is 9.47 Å². The van der Waals surface area contributed by atoms with E-state index >= 15 is 0 Å². The Labute approximate surface area is 202 Å². The molecular weight excluding hydrogens is 451 g/mol. The Morgan fingerprint density at radius 3 is 2.51 bits per heavy atom. The lowest BCUT2D eigenvalue weighted by Crippen LogP contribution is -2.29. The first-order valence-electron chi connectivity index (χ1n) is 11.3. The molecule has 4 rings (SSSR count).